The second-order valence-electron chi connectivity index (χ2n) is 3.09. The van der Waals surface area contributed by atoms with Crippen LogP contribution in [0.2, 0.25) is 0 Å². The Morgan fingerprint density at radius 1 is 1.47 bits per heavy atom. The van der Waals surface area contributed by atoms with E-state index in [0.29, 0.717) is 0 Å². The number of nitrogens with zero attached hydrogens (tertiary/aromatic N) is 1. The molecule has 0 aliphatic carbocycles. The monoisotopic (exact) mass is 256 g/mol. The van der Waals surface area contributed by atoms with E-state index < -0.39 is 0 Å². The Hall–Kier alpha value is -1.55. The van der Waals surface area contributed by atoms with E-state index in [4.69, 9.17) is 0 Å². The molecule has 1 saturated heterocycles. The van der Waals surface area contributed by atoms with E-state index in [2.05, 4.69) is 35.1 Å². The van der Waals surface area contributed by atoms with Gasteiger partial charge < -0.3 is 5.32 Å². The van der Waals surface area contributed by atoms with Crippen molar-refractivity contribution in [3.63, 3.8) is 0 Å². The Morgan fingerprint density at radius 3 is 2.47 bits per heavy atom. The fraction of sp³-hybridized carbons (Fsp3) is 0.333. The minimum absolute atomic E-state index is 0.204. The van der Waals surface area contributed by atoms with Crippen LogP contribution >= 0.6 is 11.6 Å². The van der Waals surface area contributed by atoms with Gasteiger partial charge in [-0.3, -0.25) is 4.79 Å². The fourth-order valence-corrected chi connectivity index (χ4v) is 1.25. The van der Waals surface area contributed by atoms with Crippen LogP contribution in [0.15, 0.2) is 25.6 Å². The molecule has 0 radical (unpaired) electrons. The van der Waals surface area contributed by atoms with Crippen molar-refractivity contribution in [2.24, 2.45) is 0 Å². The van der Waals surface area contributed by atoms with Crippen molar-refractivity contribution in [3.05, 3.63) is 31.4 Å². The summed E-state index contributed by atoms with van der Waals surface area (Å²) in [5.41, 5.74) is 0. The molecule has 5 heteroatoms. The Kier molecular flexibility index (Phi) is 8.78. The maximum atomic E-state index is 10.1. The number of imidazole rings is 1. The molecule has 2 rings (SSSR count). The van der Waals surface area contributed by atoms with Gasteiger partial charge in [-0.2, -0.15) is 0 Å². The number of hydrogen-bond donors (Lipinski definition) is 2. The quantitative estimate of drug-likeness (QED) is 0.615. The van der Waals surface area contributed by atoms with Gasteiger partial charge in [0.1, 0.15) is 12.4 Å². The molecule has 1 aromatic heterocycles. The lowest BCUT2D eigenvalue weighted by Crippen LogP contribution is -2.25. The molecule has 1 fully saturated rings. The van der Waals surface area contributed by atoms with E-state index in [0.717, 1.165) is 25.2 Å². The molecule has 0 saturated carbocycles. The van der Waals surface area contributed by atoms with Gasteiger partial charge in [-0.15, -0.1) is 11.6 Å². The van der Waals surface area contributed by atoms with Gasteiger partial charge in [0.05, 0.1) is 6.20 Å². The maximum Gasteiger partial charge on any atom is 0.283 e. The highest BCUT2D eigenvalue weighted by Crippen LogP contribution is 1.93. The molecule has 4 nitrogen and oxygen atoms in total. The molecule has 1 aromatic rings. The van der Waals surface area contributed by atoms with Crippen molar-refractivity contribution in [2.75, 3.05) is 12.9 Å². The van der Waals surface area contributed by atoms with E-state index >= 15 is 0 Å². The van der Waals surface area contributed by atoms with E-state index in [1.807, 2.05) is 17.0 Å². The summed E-state index contributed by atoms with van der Waals surface area (Å²) in [6.07, 6.45) is 10.4. The Morgan fingerprint density at radius 2 is 2.18 bits per heavy atom. The van der Waals surface area contributed by atoms with Crippen LogP contribution in [0.5, 0.6) is 0 Å². The number of H-pyrrole nitrogens is 1. The second-order valence-corrected chi connectivity index (χ2v) is 3.09. The van der Waals surface area contributed by atoms with Gasteiger partial charge >= 0.3 is 0 Å². The van der Waals surface area contributed by atoms with Crippen molar-refractivity contribution in [2.45, 2.75) is 12.8 Å². The van der Waals surface area contributed by atoms with Crippen LogP contribution in [0.4, 0.5) is 0 Å². The largest absolute Gasteiger partial charge is 0.356 e. The number of hydrogen-bond acceptors (Lipinski definition) is 1. The number of halogens is 1. The standard InChI is InChI=1S/C7H8N2.C4H7NO.CH3Cl/c1-3-7-8-5-6-9(7)4-2;6-4-2-1-3-5-4;1-2/h3-6H,1-2H2;1-3H2,(H,5,6);1H3/p+1. The summed E-state index contributed by atoms with van der Waals surface area (Å²) in [7, 11) is 0. The molecular weight excluding hydrogens is 238 g/mol. The zero-order valence-corrected chi connectivity index (χ0v) is 10.8. The van der Waals surface area contributed by atoms with Crippen molar-refractivity contribution < 1.29 is 9.36 Å². The van der Waals surface area contributed by atoms with Gasteiger partial charge in [-0.05, 0) is 6.42 Å². The number of alkyl halides is 1. The SMILES string of the molecule is C=Cc1[nH]cc[n+]1C=C.CCl.O=C1CCCN1. The average molecular weight is 257 g/mol. The van der Waals surface area contributed by atoms with E-state index in [9.17, 15) is 4.79 Å². The Labute approximate surface area is 107 Å². The summed E-state index contributed by atoms with van der Waals surface area (Å²) in [6, 6.07) is 0. The molecule has 17 heavy (non-hydrogen) atoms. The Balaban J connectivity index is 0.000000278. The van der Waals surface area contributed by atoms with Crippen LogP contribution in [0.25, 0.3) is 12.3 Å². The van der Waals surface area contributed by atoms with Crippen LogP contribution in [0, 0.1) is 0 Å². The third-order valence-corrected chi connectivity index (χ3v) is 2.04. The van der Waals surface area contributed by atoms with Gasteiger partial charge in [0.15, 0.2) is 0 Å². The molecule has 2 heterocycles. The van der Waals surface area contributed by atoms with Crippen LogP contribution in [0.3, 0.4) is 0 Å². The van der Waals surface area contributed by atoms with Crippen LogP contribution in [-0.4, -0.2) is 23.8 Å². The van der Waals surface area contributed by atoms with Gasteiger partial charge in [0, 0.05) is 25.4 Å². The number of aromatic nitrogens is 2. The normalized spacial score (nSPS) is 12.5. The highest BCUT2D eigenvalue weighted by Gasteiger charge is 2.05. The summed E-state index contributed by atoms with van der Waals surface area (Å²) < 4.78 is 1.85. The highest BCUT2D eigenvalue weighted by molar-refractivity contribution is 6.15. The van der Waals surface area contributed by atoms with E-state index in [-0.39, 0.29) is 5.91 Å². The first kappa shape index (κ1) is 15.4. The van der Waals surface area contributed by atoms with Crippen molar-refractivity contribution >= 4 is 29.8 Å². The molecule has 1 aliphatic rings. The minimum atomic E-state index is 0.204. The lowest BCUT2D eigenvalue weighted by atomic mass is 10.4. The van der Waals surface area contributed by atoms with Gasteiger partial charge in [-0.1, -0.05) is 13.2 Å². The number of carbonyl (C=O) groups is 1. The molecule has 2 N–H and O–H groups in total. The van der Waals surface area contributed by atoms with Crippen molar-refractivity contribution in [1.82, 2.24) is 10.3 Å². The molecule has 0 spiro atoms. The number of aromatic amines is 1. The summed E-state index contributed by atoms with van der Waals surface area (Å²) in [5.74, 6) is 1.15. The first-order chi connectivity index (χ1) is 8.27. The smallest absolute Gasteiger partial charge is 0.283 e. The average Bonchev–Trinajstić information content (AvgIpc) is 3.02. The van der Waals surface area contributed by atoms with Crippen molar-refractivity contribution in [3.8, 4) is 0 Å². The second kappa shape index (κ2) is 9.66. The highest BCUT2D eigenvalue weighted by atomic mass is 35.5. The lowest BCUT2D eigenvalue weighted by Gasteiger charge is -1.81. The van der Waals surface area contributed by atoms with Gasteiger partial charge in [-0.25, -0.2) is 9.55 Å². The number of amides is 1. The van der Waals surface area contributed by atoms with Crippen molar-refractivity contribution in [1.29, 1.82) is 0 Å². The molecule has 0 aromatic carbocycles. The van der Waals surface area contributed by atoms with E-state index in [1.165, 1.54) is 6.38 Å². The summed E-state index contributed by atoms with van der Waals surface area (Å²) >= 11 is 4.64. The third kappa shape index (κ3) is 5.92. The van der Waals surface area contributed by atoms with Gasteiger partial charge in [0.2, 0.25) is 5.91 Å². The zero-order valence-electron chi connectivity index (χ0n) is 10.1. The predicted molar refractivity (Wildman–Crippen MR) is 71.5 cm³/mol. The summed E-state index contributed by atoms with van der Waals surface area (Å²) in [4.78, 5) is 13.1. The van der Waals surface area contributed by atoms with Crippen LogP contribution in [0.1, 0.15) is 18.7 Å². The predicted octanol–water partition coefficient (Wildman–Crippen LogP) is 1.80. The number of nitrogens with one attached hydrogen (secondary N) is 2. The lowest BCUT2D eigenvalue weighted by molar-refractivity contribution is -0.568. The number of rotatable bonds is 2. The summed E-state index contributed by atoms with van der Waals surface area (Å²) in [5, 5.41) is 2.68. The maximum absolute atomic E-state index is 10.1. The number of carbonyl (C=O) groups excluding carboxylic acids is 1. The third-order valence-electron chi connectivity index (χ3n) is 2.04. The Bertz CT molecular complexity index is 330. The molecule has 0 unspecified atom stereocenters. The molecule has 0 bridgehead atoms. The molecule has 0 atom stereocenters. The molecule has 94 valence electrons. The fourth-order valence-electron chi connectivity index (χ4n) is 1.25. The van der Waals surface area contributed by atoms with Crippen LogP contribution < -0.4 is 9.88 Å². The summed E-state index contributed by atoms with van der Waals surface area (Å²) in [6.45, 7) is 8.11. The molecule has 1 amide bonds. The first-order valence-electron chi connectivity index (χ1n) is 5.26. The van der Waals surface area contributed by atoms with E-state index in [1.54, 1.807) is 12.3 Å². The molecule has 1 aliphatic heterocycles. The molecular formula is C12H19ClN3O+. The zero-order chi connectivity index (χ0) is 13.1. The van der Waals surface area contributed by atoms with Crippen LogP contribution in [-0.2, 0) is 4.79 Å². The van der Waals surface area contributed by atoms with Gasteiger partial charge in [0.25, 0.3) is 5.82 Å². The first-order valence-corrected chi connectivity index (χ1v) is 6.01. The minimum Gasteiger partial charge on any atom is -0.356 e. The topological polar surface area (TPSA) is 48.8 Å².